The van der Waals surface area contributed by atoms with Gasteiger partial charge in [0.15, 0.2) is 0 Å². The Labute approximate surface area is 103 Å². The lowest BCUT2D eigenvalue weighted by Gasteiger charge is -2.21. The van der Waals surface area contributed by atoms with E-state index < -0.39 is 0 Å². The molecule has 1 aromatic heterocycles. The largest absolute Gasteiger partial charge is 0.464 e. The van der Waals surface area contributed by atoms with Crippen molar-refractivity contribution in [1.82, 2.24) is 4.90 Å². The molecule has 0 aromatic carbocycles. The van der Waals surface area contributed by atoms with Crippen molar-refractivity contribution in [2.24, 2.45) is 5.73 Å². The lowest BCUT2D eigenvalue weighted by Crippen LogP contribution is -2.34. The predicted molar refractivity (Wildman–Crippen MR) is 67.4 cm³/mol. The van der Waals surface area contributed by atoms with Gasteiger partial charge in [-0.15, -0.1) is 0 Å². The van der Waals surface area contributed by atoms with Gasteiger partial charge in [0.2, 0.25) is 5.91 Å². The highest BCUT2D eigenvalue weighted by molar-refractivity contribution is 5.75. The number of furan rings is 1. The third-order valence-corrected chi connectivity index (χ3v) is 2.60. The average molecular weight is 238 g/mol. The summed E-state index contributed by atoms with van der Waals surface area (Å²) < 4.78 is 5.43. The van der Waals surface area contributed by atoms with Gasteiger partial charge >= 0.3 is 0 Å². The van der Waals surface area contributed by atoms with Gasteiger partial charge in [-0.2, -0.15) is 0 Å². The van der Waals surface area contributed by atoms with Gasteiger partial charge in [0.05, 0.1) is 6.54 Å². The van der Waals surface area contributed by atoms with Crippen LogP contribution in [0.15, 0.2) is 16.5 Å². The summed E-state index contributed by atoms with van der Waals surface area (Å²) in [7, 11) is 1.78. The van der Waals surface area contributed by atoms with E-state index in [1.165, 1.54) is 0 Å². The number of rotatable bonds is 5. The molecular formula is C13H22N2O2. The third kappa shape index (κ3) is 5.04. The summed E-state index contributed by atoms with van der Waals surface area (Å²) in [6.07, 6.45) is 1.16. The maximum atomic E-state index is 11.8. The van der Waals surface area contributed by atoms with Crippen molar-refractivity contribution in [2.75, 3.05) is 7.05 Å². The van der Waals surface area contributed by atoms with Gasteiger partial charge < -0.3 is 15.1 Å². The lowest BCUT2D eigenvalue weighted by molar-refractivity contribution is -0.131. The summed E-state index contributed by atoms with van der Waals surface area (Å²) in [4.78, 5) is 13.5. The predicted octanol–water partition coefficient (Wildman–Crippen LogP) is 2.06. The minimum absolute atomic E-state index is 0.0950. The van der Waals surface area contributed by atoms with Crippen LogP contribution in [-0.2, 0) is 11.3 Å². The van der Waals surface area contributed by atoms with Crippen LogP contribution in [0.2, 0.25) is 0 Å². The first-order chi connectivity index (χ1) is 7.78. The van der Waals surface area contributed by atoms with Crippen LogP contribution in [0.25, 0.3) is 0 Å². The van der Waals surface area contributed by atoms with E-state index in [4.69, 9.17) is 10.2 Å². The first-order valence-electron chi connectivity index (χ1n) is 5.86. The number of nitrogens with zero attached hydrogens (tertiary/aromatic N) is 1. The summed E-state index contributed by atoms with van der Waals surface area (Å²) in [5, 5.41) is 0. The van der Waals surface area contributed by atoms with Gasteiger partial charge in [-0.25, -0.2) is 0 Å². The molecule has 0 aliphatic rings. The molecule has 1 rings (SSSR count). The molecule has 2 N–H and O–H groups in total. The van der Waals surface area contributed by atoms with Gasteiger partial charge in [-0.3, -0.25) is 4.79 Å². The molecule has 17 heavy (non-hydrogen) atoms. The summed E-state index contributed by atoms with van der Waals surface area (Å²) >= 11 is 0. The normalized spacial score (nSPS) is 11.6. The molecule has 96 valence electrons. The summed E-state index contributed by atoms with van der Waals surface area (Å²) in [5.74, 6) is 1.77. The third-order valence-electron chi connectivity index (χ3n) is 2.60. The number of carbonyl (C=O) groups excluding carboxylic acids is 1. The zero-order valence-electron chi connectivity index (χ0n) is 11.1. The van der Waals surface area contributed by atoms with E-state index in [0.29, 0.717) is 19.4 Å². The second kappa shape index (κ2) is 5.36. The van der Waals surface area contributed by atoms with Crippen LogP contribution in [-0.4, -0.2) is 23.4 Å². The van der Waals surface area contributed by atoms with Gasteiger partial charge in [0, 0.05) is 19.0 Å². The van der Waals surface area contributed by atoms with E-state index in [1.807, 2.05) is 32.9 Å². The molecule has 1 amide bonds. The van der Waals surface area contributed by atoms with E-state index in [1.54, 1.807) is 11.9 Å². The van der Waals surface area contributed by atoms with Crippen LogP contribution in [0.4, 0.5) is 0 Å². The van der Waals surface area contributed by atoms with Crippen molar-refractivity contribution in [3.63, 3.8) is 0 Å². The maximum Gasteiger partial charge on any atom is 0.222 e. The molecule has 0 bridgehead atoms. The number of hydrogen-bond acceptors (Lipinski definition) is 3. The molecule has 1 heterocycles. The standard InChI is InChI=1S/C13H22N2O2/c1-10-5-6-11(17-10)9-15(4)12(16)7-8-13(2,3)14/h5-6H,7-9,14H2,1-4H3. The monoisotopic (exact) mass is 238 g/mol. The fourth-order valence-corrected chi connectivity index (χ4v) is 1.51. The minimum atomic E-state index is -0.294. The van der Waals surface area contributed by atoms with Gasteiger partial charge in [-0.1, -0.05) is 0 Å². The Morgan fingerprint density at radius 2 is 2.12 bits per heavy atom. The minimum Gasteiger partial charge on any atom is -0.464 e. The van der Waals surface area contributed by atoms with Crippen molar-refractivity contribution in [3.05, 3.63) is 23.7 Å². The number of carbonyl (C=O) groups is 1. The molecule has 4 heteroatoms. The first-order valence-corrected chi connectivity index (χ1v) is 5.86. The second-order valence-electron chi connectivity index (χ2n) is 5.25. The van der Waals surface area contributed by atoms with E-state index in [-0.39, 0.29) is 11.4 Å². The SMILES string of the molecule is Cc1ccc(CN(C)C(=O)CCC(C)(C)N)o1. The molecule has 0 aliphatic heterocycles. The highest BCUT2D eigenvalue weighted by Crippen LogP contribution is 2.12. The fraction of sp³-hybridized carbons (Fsp3) is 0.615. The van der Waals surface area contributed by atoms with Crippen molar-refractivity contribution >= 4 is 5.91 Å². The van der Waals surface area contributed by atoms with Crippen molar-refractivity contribution in [3.8, 4) is 0 Å². The number of hydrogen-bond donors (Lipinski definition) is 1. The Hall–Kier alpha value is -1.29. The maximum absolute atomic E-state index is 11.8. The second-order valence-corrected chi connectivity index (χ2v) is 5.25. The van der Waals surface area contributed by atoms with Gasteiger partial charge in [0.25, 0.3) is 0 Å². The van der Waals surface area contributed by atoms with Crippen LogP contribution in [0.3, 0.4) is 0 Å². The summed E-state index contributed by atoms with van der Waals surface area (Å²) in [6.45, 7) is 6.26. The lowest BCUT2D eigenvalue weighted by atomic mass is 10.00. The van der Waals surface area contributed by atoms with Crippen LogP contribution < -0.4 is 5.73 Å². The zero-order chi connectivity index (χ0) is 13.1. The summed E-state index contributed by atoms with van der Waals surface area (Å²) in [5.41, 5.74) is 5.56. The van der Waals surface area contributed by atoms with E-state index >= 15 is 0 Å². The van der Waals surface area contributed by atoms with E-state index in [2.05, 4.69) is 0 Å². The molecule has 4 nitrogen and oxygen atoms in total. The Kier molecular flexibility index (Phi) is 4.34. The van der Waals surface area contributed by atoms with E-state index in [0.717, 1.165) is 11.5 Å². The molecule has 0 atom stereocenters. The Morgan fingerprint density at radius 3 is 2.59 bits per heavy atom. The van der Waals surface area contributed by atoms with Crippen molar-refractivity contribution in [1.29, 1.82) is 0 Å². The number of aryl methyl sites for hydroxylation is 1. The molecule has 0 aliphatic carbocycles. The molecule has 0 radical (unpaired) electrons. The van der Waals surface area contributed by atoms with Crippen molar-refractivity contribution in [2.45, 2.75) is 45.7 Å². The van der Waals surface area contributed by atoms with Gasteiger partial charge in [-0.05, 0) is 39.3 Å². The van der Waals surface area contributed by atoms with Crippen LogP contribution in [0, 0.1) is 6.92 Å². The van der Waals surface area contributed by atoms with Crippen LogP contribution >= 0.6 is 0 Å². The highest BCUT2D eigenvalue weighted by atomic mass is 16.3. The molecule has 0 fully saturated rings. The molecule has 1 aromatic rings. The highest BCUT2D eigenvalue weighted by Gasteiger charge is 2.16. The van der Waals surface area contributed by atoms with Gasteiger partial charge in [0.1, 0.15) is 11.5 Å². The average Bonchev–Trinajstić information content (AvgIpc) is 2.59. The number of nitrogens with two attached hydrogens (primary N) is 1. The van der Waals surface area contributed by atoms with Crippen LogP contribution in [0.1, 0.15) is 38.2 Å². The smallest absolute Gasteiger partial charge is 0.222 e. The molecule has 0 spiro atoms. The molecular weight excluding hydrogens is 216 g/mol. The molecule has 0 saturated carbocycles. The zero-order valence-corrected chi connectivity index (χ0v) is 11.1. The molecule has 0 unspecified atom stereocenters. The van der Waals surface area contributed by atoms with Crippen molar-refractivity contribution < 1.29 is 9.21 Å². The summed E-state index contributed by atoms with van der Waals surface area (Å²) in [6, 6.07) is 3.79. The topological polar surface area (TPSA) is 59.5 Å². The Balaban J connectivity index is 2.42. The number of amides is 1. The Morgan fingerprint density at radius 1 is 1.47 bits per heavy atom. The quantitative estimate of drug-likeness (QED) is 0.854. The van der Waals surface area contributed by atoms with Crippen LogP contribution in [0.5, 0.6) is 0 Å². The Bertz CT molecular complexity index is 377. The first kappa shape index (κ1) is 13.8. The molecule has 0 saturated heterocycles. The fourth-order valence-electron chi connectivity index (χ4n) is 1.51. The van der Waals surface area contributed by atoms with E-state index in [9.17, 15) is 4.79 Å².